The first-order chi connectivity index (χ1) is 9.24. The van der Waals surface area contributed by atoms with Crippen LogP contribution >= 0.6 is 0 Å². The van der Waals surface area contributed by atoms with Crippen LogP contribution in [0.3, 0.4) is 0 Å². The van der Waals surface area contributed by atoms with E-state index in [-0.39, 0.29) is 0 Å². The van der Waals surface area contributed by atoms with Crippen LogP contribution in [0.15, 0.2) is 36.4 Å². The van der Waals surface area contributed by atoms with Crippen LogP contribution in [0.25, 0.3) is 11.1 Å². The number of hydrogen-bond acceptors (Lipinski definition) is 0. The van der Waals surface area contributed by atoms with Crippen molar-refractivity contribution in [2.75, 3.05) is 0 Å². The third kappa shape index (κ3) is 3.26. The topological polar surface area (TPSA) is 0 Å². The minimum Gasteiger partial charge on any atom is -0.0683 e. The minimum absolute atomic E-state index is 1.11. The van der Waals surface area contributed by atoms with Crippen molar-refractivity contribution in [2.45, 2.75) is 48.0 Å². The summed E-state index contributed by atoms with van der Waals surface area (Å²) in [5.74, 6) is 0. The van der Waals surface area contributed by atoms with Crippen molar-refractivity contribution < 1.29 is 0 Å². The Balaban J connectivity index is 0.000000415. The third-order valence-electron chi connectivity index (χ3n) is 3.19. The van der Waals surface area contributed by atoms with Gasteiger partial charge < -0.3 is 0 Å². The van der Waals surface area contributed by atoms with Crippen molar-refractivity contribution in [3.8, 4) is 11.1 Å². The summed E-state index contributed by atoms with van der Waals surface area (Å²) in [5, 5.41) is 0. The van der Waals surface area contributed by atoms with Gasteiger partial charge in [0, 0.05) is 0 Å². The molecular weight excluding hydrogens is 228 g/mol. The highest BCUT2D eigenvalue weighted by Gasteiger charge is 2.17. The Bertz CT molecular complexity index is 486. The summed E-state index contributed by atoms with van der Waals surface area (Å²) < 4.78 is 0. The average Bonchev–Trinajstić information content (AvgIpc) is 2.79. The summed E-state index contributed by atoms with van der Waals surface area (Å²) in [6, 6.07) is 13.5. The summed E-state index contributed by atoms with van der Waals surface area (Å²) in [6.07, 6.45) is 1.11. The van der Waals surface area contributed by atoms with Gasteiger partial charge >= 0.3 is 0 Å². The Morgan fingerprint density at radius 1 is 0.632 bits per heavy atom. The average molecular weight is 254 g/mol. The Morgan fingerprint density at radius 3 is 1.37 bits per heavy atom. The number of aryl methyl sites for hydroxylation is 2. The predicted molar refractivity (Wildman–Crippen MR) is 86.9 cm³/mol. The van der Waals surface area contributed by atoms with E-state index in [9.17, 15) is 0 Å². The van der Waals surface area contributed by atoms with Crippen LogP contribution in [-0.4, -0.2) is 0 Å². The predicted octanol–water partition coefficient (Wildman–Crippen LogP) is 5.93. The van der Waals surface area contributed by atoms with E-state index in [0.717, 1.165) is 6.42 Å². The van der Waals surface area contributed by atoms with Gasteiger partial charge in [0.05, 0.1) is 0 Å². The summed E-state index contributed by atoms with van der Waals surface area (Å²) in [5.41, 5.74) is 8.54. The normalized spacial score (nSPS) is 10.4. The summed E-state index contributed by atoms with van der Waals surface area (Å²) in [6.45, 7) is 12.3. The fraction of sp³-hybridized carbons (Fsp3) is 0.368. The first kappa shape index (κ1) is 15.5. The lowest BCUT2D eigenvalue weighted by molar-refractivity contribution is 1.24. The minimum atomic E-state index is 1.11. The Kier molecular flexibility index (Phi) is 5.82. The van der Waals surface area contributed by atoms with Gasteiger partial charge in [-0.25, -0.2) is 0 Å². The van der Waals surface area contributed by atoms with E-state index in [1.165, 1.54) is 33.4 Å². The summed E-state index contributed by atoms with van der Waals surface area (Å²) in [7, 11) is 0. The smallest absolute Gasteiger partial charge is 0.00133 e. The Hall–Kier alpha value is -1.56. The lowest BCUT2D eigenvalue weighted by Crippen LogP contribution is -1.81. The van der Waals surface area contributed by atoms with Crippen molar-refractivity contribution in [1.29, 1.82) is 0 Å². The van der Waals surface area contributed by atoms with Crippen LogP contribution in [0.5, 0.6) is 0 Å². The lowest BCUT2D eigenvalue weighted by atomic mass is 10.0. The van der Waals surface area contributed by atoms with Gasteiger partial charge in [0.2, 0.25) is 0 Å². The molecule has 0 saturated heterocycles. The highest BCUT2D eigenvalue weighted by Crippen LogP contribution is 2.37. The maximum absolute atomic E-state index is 2.31. The SMILES string of the molecule is CC.CC.Cc1ccc2c(c1)Cc1cc(C)ccc1-2. The van der Waals surface area contributed by atoms with E-state index in [2.05, 4.69) is 50.2 Å². The molecule has 2 aromatic carbocycles. The number of benzene rings is 2. The van der Waals surface area contributed by atoms with Gasteiger partial charge in [-0.2, -0.15) is 0 Å². The van der Waals surface area contributed by atoms with Gasteiger partial charge in [-0.15, -0.1) is 0 Å². The first-order valence-electron chi connectivity index (χ1n) is 7.43. The zero-order chi connectivity index (χ0) is 14.4. The van der Waals surface area contributed by atoms with E-state index in [1.807, 2.05) is 27.7 Å². The van der Waals surface area contributed by atoms with Gasteiger partial charge in [-0.05, 0) is 42.5 Å². The molecular formula is C19H26. The first-order valence-corrected chi connectivity index (χ1v) is 7.43. The fourth-order valence-corrected chi connectivity index (χ4v) is 2.47. The molecule has 0 saturated carbocycles. The second-order valence-electron chi connectivity index (χ2n) is 4.50. The second kappa shape index (κ2) is 7.13. The fourth-order valence-electron chi connectivity index (χ4n) is 2.47. The maximum atomic E-state index is 2.31. The molecule has 0 radical (unpaired) electrons. The van der Waals surface area contributed by atoms with Gasteiger partial charge in [-0.3, -0.25) is 0 Å². The van der Waals surface area contributed by atoms with Crippen LogP contribution in [-0.2, 0) is 6.42 Å². The van der Waals surface area contributed by atoms with E-state index >= 15 is 0 Å². The quantitative estimate of drug-likeness (QED) is 0.466. The molecule has 0 fully saturated rings. The van der Waals surface area contributed by atoms with Gasteiger partial charge in [0.15, 0.2) is 0 Å². The Morgan fingerprint density at radius 2 is 1.00 bits per heavy atom. The second-order valence-corrected chi connectivity index (χ2v) is 4.50. The summed E-state index contributed by atoms with van der Waals surface area (Å²) >= 11 is 0. The van der Waals surface area contributed by atoms with Crippen LogP contribution in [0.2, 0.25) is 0 Å². The molecule has 0 spiro atoms. The molecule has 0 atom stereocenters. The molecule has 0 heteroatoms. The molecule has 0 amide bonds. The standard InChI is InChI=1S/C15H14.2C2H6/c1-10-3-5-14-12(7-10)9-13-8-11(2)4-6-15(13)14;2*1-2/h3-8H,9H2,1-2H3;2*1-2H3. The van der Waals surface area contributed by atoms with Gasteiger partial charge in [0.1, 0.15) is 0 Å². The van der Waals surface area contributed by atoms with E-state index in [0.29, 0.717) is 0 Å². The van der Waals surface area contributed by atoms with E-state index in [1.54, 1.807) is 0 Å². The van der Waals surface area contributed by atoms with Crippen molar-refractivity contribution in [3.05, 3.63) is 58.7 Å². The lowest BCUT2D eigenvalue weighted by Gasteiger charge is -2.01. The highest BCUT2D eigenvalue weighted by atomic mass is 14.2. The zero-order valence-corrected chi connectivity index (χ0v) is 13.2. The molecule has 0 unspecified atom stereocenters. The molecule has 0 aromatic heterocycles. The molecule has 3 rings (SSSR count). The molecule has 0 N–H and O–H groups in total. The van der Waals surface area contributed by atoms with Gasteiger partial charge in [-0.1, -0.05) is 75.2 Å². The largest absolute Gasteiger partial charge is 0.0683 e. The highest BCUT2D eigenvalue weighted by molar-refractivity contribution is 5.77. The van der Waals surface area contributed by atoms with E-state index < -0.39 is 0 Å². The molecule has 1 aliphatic rings. The van der Waals surface area contributed by atoms with Crippen LogP contribution in [0.1, 0.15) is 49.9 Å². The van der Waals surface area contributed by atoms with Crippen LogP contribution in [0.4, 0.5) is 0 Å². The molecule has 19 heavy (non-hydrogen) atoms. The number of hydrogen-bond donors (Lipinski definition) is 0. The van der Waals surface area contributed by atoms with Crippen molar-refractivity contribution in [1.82, 2.24) is 0 Å². The molecule has 1 aliphatic carbocycles. The number of fused-ring (bicyclic) bond motifs is 3. The molecule has 0 heterocycles. The van der Waals surface area contributed by atoms with Crippen molar-refractivity contribution in [2.24, 2.45) is 0 Å². The van der Waals surface area contributed by atoms with Crippen molar-refractivity contribution in [3.63, 3.8) is 0 Å². The molecule has 0 nitrogen and oxygen atoms in total. The van der Waals surface area contributed by atoms with Crippen LogP contribution < -0.4 is 0 Å². The number of rotatable bonds is 0. The maximum Gasteiger partial charge on any atom is -0.00133 e. The monoisotopic (exact) mass is 254 g/mol. The molecule has 2 aromatic rings. The third-order valence-corrected chi connectivity index (χ3v) is 3.19. The Labute approximate surface area is 118 Å². The molecule has 102 valence electrons. The van der Waals surface area contributed by atoms with Crippen molar-refractivity contribution >= 4 is 0 Å². The summed E-state index contributed by atoms with van der Waals surface area (Å²) in [4.78, 5) is 0. The molecule has 0 bridgehead atoms. The zero-order valence-electron chi connectivity index (χ0n) is 13.2. The van der Waals surface area contributed by atoms with Crippen LogP contribution in [0, 0.1) is 13.8 Å². The van der Waals surface area contributed by atoms with E-state index in [4.69, 9.17) is 0 Å². The molecule has 0 aliphatic heterocycles. The van der Waals surface area contributed by atoms with Gasteiger partial charge in [0.25, 0.3) is 0 Å².